The molecular weight excluding hydrogens is 332 g/mol. The zero-order valence-corrected chi connectivity index (χ0v) is 11.4. The van der Waals surface area contributed by atoms with Crippen molar-refractivity contribution < 1.29 is 18.3 Å². The summed E-state index contributed by atoms with van der Waals surface area (Å²) < 4.78 is 32.3. The van der Waals surface area contributed by atoms with Gasteiger partial charge in [-0.25, -0.2) is 4.39 Å². The van der Waals surface area contributed by atoms with Gasteiger partial charge >= 0.3 is 0 Å². The standard InChI is InChI=1S/C14H6BrF2NO2/c15-10-4-11(16)14(17)13(5-10)20-12-2-1-8(7-19)3-9(12)6-18/h1-5,7H. The Hall–Kier alpha value is -2.26. The fraction of sp³-hybridized carbons (Fsp3) is 0. The third-order valence-electron chi connectivity index (χ3n) is 2.44. The number of ether oxygens (including phenoxy) is 1. The van der Waals surface area contributed by atoms with Crippen LogP contribution in [0.2, 0.25) is 0 Å². The minimum atomic E-state index is -1.16. The Labute approximate surface area is 121 Å². The summed E-state index contributed by atoms with van der Waals surface area (Å²) in [5.74, 6) is -2.55. The summed E-state index contributed by atoms with van der Waals surface area (Å²) in [6, 6.07) is 8.09. The van der Waals surface area contributed by atoms with Crippen LogP contribution in [0.1, 0.15) is 15.9 Å². The third-order valence-corrected chi connectivity index (χ3v) is 2.90. The molecule has 0 amide bonds. The Morgan fingerprint density at radius 3 is 2.60 bits per heavy atom. The van der Waals surface area contributed by atoms with Gasteiger partial charge in [-0.3, -0.25) is 4.79 Å². The lowest BCUT2D eigenvalue weighted by atomic mass is 10.1. The van der Waals surface area contributed by atoms with Gasteiger partial charge in [0.15, 0.2) is 11.6 Å². The topological polar surface area (TPSA) is 50.1 Å². The Morgan fingerprint density at radius 2 is 1.95 bits per heavy atom. The third kappa shape index (κ3) is 2.83. The van der Waals surface area contributed by atoms with Crippen LogP contribution in [0, 0.1) is 23.0 Å². The van der Waals surface area contributed by atoms with E-state index in [0.29, 0.717) is 10.8 Å². The molecule has 0 fully saturated rings. The summed E-state index contributed by atoms with van der Waals surface area (Å²) in [6.45, 7) is 0. The zero-order valence-electron chi connectivity index (χ0n) is 9.86. The van der Waals surface area contributed by atoms with Crippen LogP contribution in [-0.2, 0) is 0 Å². The van der Waals surface area contributed by atoms with Crippen LogP contribution >= 0.6 is 15.9 Å². The molecule has 100 valence electrons. The molecule has 0 aromatic heterocycles. The zero-order chi connectivity index (χ0) is 14.7. The van der Waals surface area contributed by atoms with Crippen molar-refractivity contribution >= 4 is 22.2 Å². The van der Waals surface area contributed by atoms with Gasteiger partial charge < -0.3 is 4.74 Å². The van der Waals surface area contributed by atoms with Crippen LogP contribution in [0.15, 0.2) is 34.8 Å². The highest BCUT2D eigenvalue weighted by atomic mass is 79.9. The molecule has 0 unspecified atom stereocenters. The van der Waals surface area contributed by atoms with Crippen LogP contribution in [0.3, 0.4) is 0 Å². The number of benzene rings is 2. The van der Waals surface area contributed by atoms with E-state index < -0.39 is 11.6 Å². The molecule has 20 heavy (non-hydrogen) atoms. The fourth-order valence-electron chi connectivity index (χ4n) is 1.52. The number of hydrogen-bond donors (Lipinski definition) is 0. The molecule has 0 N–H and O–H groups in total. The number of nitrogens with zero attached hydrogens (tertiary/aromatic N) is 1. The number of rotatable bonds is 3. The van der Waals surface area contributed by atoms with Crippen molar-refractivity contribution in [3.63, 3.8) is 0 Å². The first-order chi connectivity index (χ1) is 9.55. The fourth-order valence-corrected chi connectivity index (χ4v) is 1.93. The lowest BCUT2D eigenvalue weighted by Crippen LogP contribution is -1.95. The first-order valence-electron chi connectivity index (χ1n) is 5.37. The molecule has 0 saturated heterocycles. The van der Waals surface area contributed by atoms with E-state index in [2.05, 4.69) is 15.9 Å². The number of nitriles is 1. The smallest absolute Gasteiger partial charge is 0.201 e. The van der Waals surface area contributed by atoms with E-state index in [4.69, 9.17) is 10.00 Å². The van der Waals surface area contributed by atoms with E-state index >= 15 is 0 Å². The van der Waals surface area contributed by atoms with Crippen molar-refractivity contribution in [3.05, 3.63) is 57.6 Å². The molecule has 0 aliphatic rings. The summed E-state index contributed by atoms with van der Waals surface area (Å²) in [6.07, 6.45) is 0.573. The Morgan fingerprint density at radius 1 is 1.20 bits per heavy atom. The normalized spacial score (nSPS) is 9.90. The van der Waals surface area contributed by atoms with Gasteiger partial charge in [-0.2, -0.15) is 9.65 Å². The second kappa shape index (κ2) is 5.80. The van der Waals surface area contributed by atoms with Gasteiger partial charge in [0.2, 0.25) is 5.82 Å². The minimum absolute atomic E-state index is 0.0366. The molecule has 2 rings (SSSR count). The SMILES string of the molecule is N#Cc1cc(C=O)ccc1Oc1cc(Br)cc(F)c1F. The van der Waals surface area contributed by atoms with Gasteiger partial charge in [0.25, 0.3) is 0 Å². The maximum Gasteiger partial charge on any atom is 0.201 e. The molecule has 6 heteroatoms. The summed E-state index contributed by atoms with van der Waals surface area (Å²) >= 11 is 3.02. The first-order valence-corrected chi connectivity index (χ1v) is 6.16. The largest absolute Gasteiger partial charge is 0.453 e. The average Bonchev–Trinajstić information content (AvgIpc) is 2.44. The Kier molecular flexibility index (Phi) is 4.11. The molecule has 2 aromatic rings. The van der Waals surface area contributed by atoms with Crippen molar-refractivity contribution in [2.24, 2.45) is 0 Å². The Balaban J connectivity index is 2.45. The molecule has 0 radical (unpaired) electrons. The second-order valence-electron chi connectivity index (χ2n) is 3.79. The molecule has 0 atom stereocenters. The molecule has 3 nitrogen and oxygen atoms in total. The van der Waals surface area contributed by atoms with Crippen LogP contribution < -0.4 is 4.74 Å². The Bertz CT molecular complexity index is 726. The van der Waals surface area contributed by atoms with Gasteiger partial charge in [-0.05, 0) is 30.3 Å². The van der Waals surface area contributed by atoms with Crippen LogP contribution in [0.25, 0.3) is 0 Å². The average molecular weight is 338 g/mol. The van der Waals surface area contributed by atoms with E-state index in [9.17, 15) is 13.6 Å². The highest BCUT2D eigenvalue weighted by Gasteiger charge is 2.14. The number of aldehydes is 1. The highest BCUT2D eigenvalue weighted by Crippen LogP contribution is 2.31. The lowest BCUT2D eigenvalue weighted by Gasteiger charge is -2.09. The van der Waals surface area contributed by atoms with E-state index in [-0.39, 0.29) is 22.6 Å². The highest BCUT2D eigenvalue weighted by molar-refractivity contribution is 9.10. The number of carbonyl (C=O) groups is 1. The monoisotopic (exact) mass is 337 g/mol. The van der Waals surface area contributed by atoms with E-state index in [0.717, 1.165) is 6.07 Å². The summed E-state index contributed by atoms with van der Waals surface area (Å²) in [5.41, 5.74) is 0.337. The minimum Gasteiger partial charge on any atom is -0.453 e. The van der Waals surface area contributed by atoms with Gasteiger partial charge in [-0.1, -0.05) is 15.9 Å². The predicted octanol–water partition coefficient (Wildman–Crippen LogP) is 4.20. The molecule has 0 aliphatic heterocycles. The van der Waals surface area contributed by atoms with Crippen molar-refractivity contribution in [2.45, 2.75) is 0 Å². The van der Waals surface area contributed by atoms with E-state index in [1.807, 2.05) is 6.07 Å². The summed E-state index contributed by atoms with van der Waals surface area (Å²) in [4.78, 5) is 10.6. The quantitative estimate of drug-likeness (QED) is 0.622. The number of carbonyl (C=O) groups excluding carboxylic acids is 1. The maximum absolute atomic E-state index is 13.6. The van der Waals surface area contributed by atoms with Gasteiger partial charge in [0.05, 0.1) is 5.56 Å². The van der Waals surface area contributed by atoms with E-state index in [1.165, 1.54) is 24.3 Å². The van der Waals surface area contributed by atoms with Crippen molar-refractivity contribution in [3.8, 4) is 17.6 Å². The number of hydrogen-bond acceptors (Lipinski definition) is 3. The van der Waals surface area contributed by atoms with Crippen LogP contribution in [0.5, 0.6) is 11.5 Å². The van der Waals surface area contributed by atoms with E-state index in [1.54, 1.807) is 0 Å². The van der Waals surface area contributed by atoms with Crippen molar-refractivity contribution in [2.75, 3.05) is 0 Å². The molecule has 0 saturated carbocycles. The molecule has 2 aromatic carbocycles. The predicted molar refractivity (Wildman–Crippen MR) is 70.7 cm³/mol. The lowest BCUT2D eigenvalue weighted by molar-refractivity contribution is 0.112. The maximum atomic E-state index is 13.6. The van der Waals surface area contributed by atoms with Gasteiger partial charge in [0, 0.05) is 10.0 Å². The first kappa shape index (κ1) is 14.2. The second-order valence-corrected chi connectivity index (χ2v) is 4.70. The molecule has 0 bridgehead atoms. The van der Waals surface area contributed by atoms with Crippen molar-refractivity contribution in [1.82, 2.24) is 0 Å². The summed E-state index contributed by atoms with van der Waals surface area (Å²) in [7, 11) is 0. The van der Waals surface area contributed by atoms with Crippen LogP contribution in [-0.4, -0.2) is 6.29 Å². The van der Waals surface area contributed by atoms with Gasteiger partial charge in [0.1, 0.15) is 18.1 Å². The molecule has 0 aliphatic carbocycles. The molecular formula is C14H6BrF2NO2. The van der Waals surface area contributed by atoms with Crippen molar-refractivity contribution in [1.29, 1.82) is 5.26 Å². The molecule has 0 heterocycles. The number of halogens is 3. The van der Waals surface area contributed by atoms with Crippen LogP contribution in [0.4, 0.5) is 8.78 Å². The van der Waals surface area contributed by atoms with Gasteiger partial charge in [-0.15, -0.1) is 0 Å². The summed E-state index contributed by atoms with van der Waals surface area (Å²) in [5, 5.41) is 8.97. The molecule has 0 spiro atoms.